The number of aromatic nitrogens is 3. The van der Waals surface area contributed by atoms with Crippen LogP contribution in [0.4, 0.5) is 0 Å². The van der Waals surface area contributed by atoms with Gasteiger partial charge in [-0.15, -0.1) is 0 Å². The number of aldehydes is 1. The van der Waals surface area contributed by atoms with Crippen LogP contribution in [0.5, 0.6) is 0 Å². The lowest BCUT2D eigenvalue weighted by Gasteiger charge is -2.06. The monoisotopic (exact) mass is 262 g/mol. The van der Waals surface area contributed by atoms with Gasteiger partial charge in [-0.2, -0.15) is 5.26 Å². The van der Waals surface area contributed by atoms with Crippen LogP contribution >= 0.6 is 0 Å². The minimum Gasteiger partial charge on any atom is -0.332 e. The van der Waals surface area contributed by atoms with Crippen molar-refractivity contribution in [2.45, 2.75) is 0 Å². The highest BCUT2D eigenvalue weighted by molar-refractivity contribution is 5.98. The second-order valence-electron chi connectivity index (χ2n) is 4.45. The smallest absolute Gasteiger partial charge is 0.150 e. The van der Waals surface area contributed by atoms with Gasteiger partial charge in [-0.25, -0.2) is 9.97 Å². The van der Waals surface area contributed by atoms with Gasteiger partial charge in [0.05, 0.1) is 41.1 Å². The largest absolute Gasteiger partial charge is 0.332 e. The SMILES string of the molecule is Cn1cncc1-c1cc(C=O)c2ccc(C#N)cc2n1. The number of nitriles is 1. The number of imidazole rings is 1. The van der Waals surface area contributed by atoms with E-state index in [4.69, 9.17) is 5.26 Å². The van der Waals surface area contributed by atoms with Crippen molar-refractivity contribution >= 4 is 17.2 Å². The normalized spacial score (nSPS) is 10.4. The van der Waals surface area contributed by atoms with Gasteiger partial charge in [-0.1, -0.05) is 6.07 Å². The molecule has 0 fully saturated rings. The number of benzene rings is 1. The summed E-state index contributed by atoms with van der Waals surface area (Å²) in [5, 5.41) is 9.70. The second kappa shape index (κ2) is 4.59. The number of carbonyl (C=O) groups is 1. The molecule has 0 spiro atoms. The molecule has 1 aromatic carbocycles. The summed E-state index contributed by atoms with van der Waals surface area (Å²) in [5.41, 5.74) is 3.18. The highest BCUT2D eigenvalue weighted by Gasteiger charge is 2.10. The fourth-order valence-corrected chi connectivity index (χ4v) is 2.16. The van der Waals surface area contributed by atoms with Crippen LogP contribution in [0.1, 0.15) is 15.9 Å². The maximum atomic E-state index is 11.3. The zero-order valence-electron chi connectivity index (χ0n) is 10.7. The summed E-state index contributed by atoms with van der Waals surface area (Å²) >= 11 is 0. The molecule has 0 amide bonds. The molecule has 0 N–H and O–H groups in total. The molecule has 2 aromatic heterocycles. The zero-order valence-corrected chi connectivity index (χ0v) is 10.7. The lowest BCUT2D eigenvalue weighted by molar-refractivity contribution is 0.112. The Bertz CT molecular complexity index is 858. The van der Waals surface area contributed by atoms with Crippen LogP contribution < -0.4 is 0 Å². The van der Waals surface area contributed by atoms with E-state index in [0.717, 1.165) is 17.4 Å². The van der Waals surface area contributed by atoms with E-state index in [1.165, 1.54) is 0 Å². The van der Waals surface area contributed by atoms with Crippen molar-refractivity contribution in [1.29, 1.82) is 5.26 Å². The Morgan fingerprint density at radius 3 is 2.85 bits per heavy atom. The molecule has 20 heavy (non-hydrogen) atoms. The molecule has 5 heteroatoms. The van der Waals surface area contributed by atoms with E-state index in [1.54, 1.807) is 36.8 Å². The lowest BCUT2D eigenvalue weighted by Crippen LogP contribution is -1.96. The molecule has 0 unspecified atom stereocenters. The maximum Gasteiger partial charge on any atom is 0.150 e. The van der Waals surface area contributed by atoms with Gasteiger partial charge >= 0.3 is 0 Å². The number of rotatable bonds is 2. The molecule has 2 heterocycles. The maximum absolute atomic E-state index is 11.3. The van der Waals surface area contributed by atoms with Crippen LogP contribution in [0.25, 0.3) is 22.3 Å². The number of hydrogen-bond acceptors (Lipinski definition) is 4. The summed E-state index contributed by atoms with van der Waals surface area (Å²) in [6.45, 7) is 0. The van der Waals surface area contributed by atoms with E-state index >= 15 is 0 Å². The molecule has 0 bridgehead atoms. The number of pyridine rings is 1. The lowest BCUT2D eigenvalue weighted by atomic mass is 10.1. The fraction of sp³-hybridized carbons (Fsp3) is 0.0667. The van der Waals surface area contributed by atoms with Gasteiger partial charge in [0.25, 0.3) is 0 Å². The quantitative estimate of drug-likeness (QED) is 0.664. The molecule has 0 radical (unpaired) electrons. The Labute approximate surface area is 115 Å². The minimum absolute atomic E-state index is 0.518. The summed E-state index contributed by atoms with van der Waals surface area (Å²) in [6.07, 6.45) is 4.17. The van der Waals surface area contributed by atoms with Gasteiger partial charge in [0, 0.05) is 18.0 Å². The fourth-order valence-electron chi connectivity index (χ4n) is 2.16. The number of hydrogen-bond donors (Lipinski definition) is 0. The molecule has 96 valence electrons. The summed E-state index contributed by atoms with van der Waals surface area (Å²) in [4.78, 5) is 19.8. The van der Waals surface area contributed by atoms with Crippen molar-refractivity contribution in [3.8, 4) is 17.5 Å². The Morgan fingerprint density at radius 1 is 1.35 bits per heavy atom. The molecule has 0 aliphatic heterocycles. The van der Waals surface area contributed by atoms with Gasteiger partial charge in [-0.05, 0) is 18.2 Å². The third kappa shape index (κ3) is 1.84. The summed E-state index contributed by atoms with van der Waals surface area (Å²) < 4.78 is 1.83. The Kier molecular flexibility index (Phi) is 2.77. The van der Waals surface area contributed by atoms with E-state index in [-0.39, 0.29) is 0 Å². The van der Waals surface area contributed by atoms with Crippen molar-refractivity contribution in [3.05, 3.63) is 47.9 Å². The standard InChI is InChI=1S/C15H10N4O/c1-19-9-17-7-15(19)14-5-11(8-20)12-3-2-10(6-16)4-13(12)18-14/h2-5,7-9H,1H3. The number of aryl methyl sites for hydroxylation is 1. The number of nitrogens with zero attached hydrogens (tertiary/aromatic N) is 4. The van der Waals surface area contributed by atoms with Crippen LogP contribution in [-0.2, 0) is 7.05 Å². The van der Waals surface area contributed by atoms with Crippen LogP contribution in [0.15, 0.2) is 36.8 Å². The average molecular weight is 262 g/mol. The highest BCUT2D eigenvalue weighted by Crippen LogP contribution is 2.24. The number of carbonyl (C=O) groups excluding carboxylic acids is 1. The Balaban J connectivity index is 2.33. The highest BCUT2D eigenvalue weighted by atomic mass is 16.1. The van der Waals surface area contributed by atoms with Gasteiger partial charge in [0.15, 0.2) is 6.29 Å². The van der Waals surface area contributed by atoms with Gasteiger partial charge < -0.3 is 4.57 Å². The molecule has 3 aromatic rings. The predicted octanol–water partition coefficient (Wildman–Crippen LogP) is 2.32. The van der Waals surface area contributed by atoms with Crippen molar-refractivity contribution in [1.82, 2.24) is 14.5 Å². The first-order valence-electron chi connectivity index (χ1n) is 5.99. The van der Waals surface area contributed by atoms with Crippen molar-refractivity contribution in [2.24, 2.45) is 7.05 Å². The number of fused-ring (bicyclic) bond motifs is 1. The van der Waals surface area contributed by atoms with E-state index in [9.17, 15) is 4.79 Å². The average Bonchev–Trinajstić information content (AvgIpc) is 2.91. The first-order valence-corrected chi connectivity index (χ1v) is 5.99. The van der Waals surface area contributed by atoms with Crippen LogP contribution in [0.2, 0.25) is 0 Å². The third-order valence-electron chi connectivity index (χ3n) is 3.18. The predicted molar refractivity (Wildman–Crippen MR) is 74.0 cm³/mol. The van der Waals surface area contributed by atoms with E-state index in [0.29, 0.717) is 22.3 Å². The van der Waals surface area contributed by atoms with Crippen molar-refractivity contribution in [3.63, 3.8) is 0 Å². The van der Waals surface area contributed by atoms with Gasteiger partial charge in [0.1, 0.15) is 0 Å². The van der Waals surface area contributed by atoms with E-state index < -0.39 is 0 Å². The van der Waals surface area contributed by atoms with Gasteiger partial charge in [0.2, 0.25) is 0 Å². The molecule has 0 aliphatic rings. The summed E-state index contributed by atoms with van der Waals surface area (Å²) in [6, 6.07) is 8.92. The van der Waals surface area contributed by atoms with Crippen molar-refractivity contribution in [2.75, 3.05) is 0 Å². The molecule has 0 saturated heterocycles. The molecule has 3 rings (SSSR count). The topological polar surface area (TPSA) is 71.6 Å². The summed E-state index contributed by atoms with van der Waals surface area (Å²) in [5.74, 6) is 0. The van der Waals surface area contributed by atoms with Crippen LogP contribution in [-0.4, -0.2) is 20.8 Å². The molecule has 0 saturated carbocycles. The zero-order chi connectivity index (χ0) is 14.1. The molecule has 0 atom stereocenters. The van der Waals surface area contributed by atoms with E-state index in [1.807, 2.05) is 11.6 Å². The van der Waals surface area contributed by atoms with Crippen LogP contribution in [0, 0.1) is 11.3 Å². The first kappa shape index (κ1) is 12.1. The molecular formula is C15H10N4O. The Morgan fingerprint density at radius 2 is 2.20 bits per heavy atom. The van der Waals surface area contributed by atoms with Crippen LogP contribution in [0.3, 0.4) is 0 Å². The Hall–Kier alpha value is -3.00. The third-order valence-corrected chi connectivity index (χ3v) is 3.18. The first-order chi connectivity index (χ1) is 9.72. The van der Waals surface area contributed by atoms with E-state index in [2.05, 4.69) is 16.0 Å². The van der Waals surface area contributed by atoms with Crippen molar-refractivity contribution < 1.29 is 4.79 Å². The molecule has 0 aliphatic carbocycles. The van der Waals surface area contributed by atoms with Gasteiger partial charge in [-0.3, -0.25) is 4.79 Å². The summed E-state index contributed by atoms with van der Waals surface area (Å²) in [7, 11) is 1.86. The second-order valence-corrected chi connectivity index (χ2v) is 4.45. The minimum atomic E-state index is 0.518. The molecular weight excluding hydrogens is 252 g/mol. The molecule has 5 nitrogen and oxygen atoms in total.